The molecule has 2 aromatic heterocycles. The zero-order valence-corrected chi connectivity index (χ0v) is 14.3. The molecular formula is C17H18FN5S. The number of anilines is 1. The van der Waals surface area contributed by atoms with Gasteiger partial charge in [-0.3, -0.25) is 0 Å². The van der Waals surface area contributed by atoms with Crippen molar-refractivity contribution in [2.75, 3.05) is 5.32 Å². The summed E-state index contributed by atoms with van der Waals surface area (Å²) in [7, 11) is 0. The van der Waals surface area contributed by atoms with Gasteiger partial charge in [0.25, 0.3) is 0 Å². The molecule has 0 amide bonds. The van der Waals surface area contributed by atoms with Crippen LogP contribution in [0.15, 0.2) is 42.7 Å². The predicted molar refractivity (Wildman–Crippen MR) is 97.4 cm³/mol. The molecule has 0 aliphatic heterocycles. The fraction of sp³-hybridized carbons (Fsp3) is 0.235. The van der Waals surface area contributed by atoms with Crippen LogP contribution in [0.4, 0.5) is 10.1 Å². The molecule has 0 saturated heterocycles. The van der Waals surface area contributed by atoms with E-state index in [4.69, 9.17) is 12.2 Å². The number of hydrogen-bond acceptors (Lipinski definition) is 3. The van der Waals surface area contributed by atoms with E-state index in [0.29, 0.717) is 11.7 Å². The second-order valence-electron chi connectivity index (χ2n) is 5.75. The number of pyridine rings is 1. The summed E-state index contributed by atoms with van der Waals surface area (Å²) in [5, 5.41) is 12.0. The van der Waals surface area contributed by atoms with Gasteiger partial charge in [0.15, 0.2) is 10.8 Å². The van der Waals surface area contributed by atoms with Gasteiger partial charge in [0.2, 0.25) is 0 Å². The SMILES string of the molecule is CC(C)n1ncc2cc(NC(=S)NCc3ccc(F)cc3)cnc21. The smallest absolute Gasteiger partial charge is 0.171 e. The number of fused-ring (bicyclic) bond motifs is 1. The van der Waals surface area contributed by atoms with Gasteiger partial charge in [-0.15, -0.1) is 0 Å². The Bertz CT molecular complexity index is 857. The maximum atomic E-state index is 12.9. The van der Waals surface area contributed by atoms with Gasteiger partial charge in [0.1, 0.15) is 5.82 Å². The Labute approximate surface area is 144 Å². The Morgan fingerprint density at radius 1 is 1.25 bits per heavy atom. The highest BCUT2D eigenvalue weighted by Gasteiger charge is 2.08. The summed E-state index contributed by atoms with van der Waals surface area (Å²) < 4.78 is 14.8. The molecule has 24 heavy (non-hydrogen) atoms. The lowest BCUT2D eigenvalue weighted by Gasteiger charge is -2.11. The average molecular weight is 343 g/mol. The van der Waals surface area contributed by atoms with Gasteiger partial charge >= 0.3 is 0 Å². The summed E-state index contributed by atoms with van der Waals surface area (Å²) in [5.74, 6) is -0.249. The van der Waals surface area contributed by atoms with E-state index in [2.05, 4.69) is 34.6 Å². The zero-order chi connectivity index (χ0) is 17.1. The van der Waals surface area contributed by atoms with Gasteiger partial charge in [-0.1, -0.05) is 12.1 Å². The van der Waals surface area contributed by atoms with Crippen molar-refractivity contribution in [3.63, 3.8) is 0 Å². The van der Waals surface area contributed by atoms with Crippen molar-refractivity contribution < 1.29 is 4.39 Å². The monoisotopic (exact) mass is 343 g/mol. The number of halogens is 1. The molecule has 0 fully saturated rings. The first-order valence-electron chi connectivity index (χ1n) is 7.65. The van der Waals surface area contributed by atoms with E-state index in [0.717, 1.165) is 22.3 Å². The second-order valence-corrected chi connectivity index (χ2v) is 6.16. The molecule has 0 aliphatic rings. The van der Waals surface area contributed by atoms with E-state index in [1.807, 2.05) is 10.7 Å². The Balaban J connectivity index is 1.63. The van der Waals surface area contributed by atoms with Crippen LogP contribution in [0.1, 0.15) is 25.5 Å². The third-order valence-electron chi connectivity index (χ3n) is 3.55. The summed E-state index contributed by atoms with van der Waals surface area (Å²) in [6.07, 6.45) is 3.53. The predicted octanol–water partition coefficient (Wildman–Crippen LogP) is 3.64. The Morgan fingerprint density at radius 3 is 2.71 bits per heavy atom. The van der Waals surface area contributed by atoms with Crippen molar-refractivity contribution in [1.82, 2.24) is 20.1 Å². The van der Waals surface area contributed by atoms with Crippen LogP contribution in [0.25, 0.3) is 11.0 Å². The number of thiocarbonyl (C=S) groups is 1. The summed E-state index contributed by atoms with van der Waals surface area (Å²) in [4.78, 5) is 4.45. The lowest BCUT2D eigenvalue weighted by atomic mass is 10.2. The minimum atomic E-state index is -0.249. The van der Waals surface area contributed by atoms with Gasteiger partial charge in [-0.2, -0.15) is 5.10 Å². The van der Waals surface area contributed by atoms with E-state index in [1.165, 1.54) is 12.1 Å². The highest BCUT2D eigenvalue weighted by Crippen LogP contribution is 2.19. The molecule has 0 saturated carbocycles. The van der Waals surface area contributed by atoms with E-state index >= 15 is 0 Å². The topological polar surface area (TPSA) is 54.8 Å². The molecule has 0 bridgehead atoms. The molecule has 2 heterocycles. The van der Waals surface area contributed by atoms with Gasteiger partial charge in [-0.25, -0.2) is 14.1 Å². The molecule has 3 rings (SSSR count). The number of benzene rings is 1. The van der Waals surface area contributed by atoms with Crippen molar-refractivity contribution in [2.24, 2.45) is 0 Å². The molecule has 7 heteroatoms. The minimum absolute atomic E-state index is 0.249. The molecule has 2 N–H and O–H groups in total. The molecule has 0 spiro atoms. The van der Waals surface area contributed by atoms with Gasteiger partial charge < -0.3 is 10.6 Å². The first kappa shape index (κ1) is 16.3. The first-order valence-corrected chi connectivity index (χ1v) is 8.06. The van der Waals surface area contributed by atoms with Crippen molar-refractivity contribution >= 4 is 34.1 Å². The van der Waals surface area contributed by atoms with Crippen LogP contribution in [0.3, 0.4) is 0 Å². The van der Waals surface area contributed by atoms with Gasteiger partial charge in [-0.05, 0) is 49.8 Å². The Morgan fingerprint density at radius 2 is 2.00 bits per heavy atom. The first-order chi connectivity index (χ1) is 11.5. The van der Waals surface area contributed by atoms with E-state index < -0.39 is 0 Å². The minimum Gasteiger partial charge on any atom is -0.358 e. The normalized spacial score (nSPS) is 11.0. The fourth-order valence-corrected chi connectivity index (χ4v) is 2.54. The quantitative estimate of drug-likeness (QED) is 0.709. The maximum absolute atomic E-state index is 12.9. The molecular weight excluding hydrogens is 325 g/mol. The fourth-order valence-electron chi connectivity index (χ4n) is 2.35. The second kappa shape index (κ2) is 6.92. The average Bonchev–Trinajstić information content (AvgIpc) is 2.97. The summed E-state index contributed by atoms with van der Waals surface area (Å²) in [5.41, 5.74) is 2.59. The molecule has 0 unspecified atom stereocenters. The van der Waals surface area contributed by atoms with E-state index in [-0.39, 0.29) is 11.9 Å². The number of rotatable bonds is 4. The molecule has 5 nitrogen and oxygen atoms in total. The van der Waals surface area contributed by atoms with Crippen molar-refractivity contribution in [2.45, 2.75) is 26.4 Å². The number of nitrogens with zero attached hydrogens (tertiary/aromatic N) is 3. The van der Waals surface area contributed by atoms with Crippen LogP contribution < -0.4 is 10.6 Å². The third kappa shape index (κ3) is 3.68. The molecule has 124 valence electrons. The molecule has 0 atom stereocenters. The lowest BCUT2D eigenvalue weighted by Crippen LogP contribution is -2.27. The van der Waals surface area contributed by atoms with Crippen molar-refractivity contribution in [1.29, 1.82) is 0 Å². The van der Waals surface area contributed by atoms with Crippen LogP contribution in [-0.2, 0) is 6.54 Å². The van der Waals surface area contributed by atoms with Gasteiger partial charge in [0, 0.05) is 18.0 Å². The van der Waals surface area contributed by atoms with Crippen molar-refractivity contribution in [3.05, 3.63) is 54.1 Å². The summed E-state index contributed by atoms with van der Waals surface area (Å²) >= 11 is 5.29. The zero-order valence-electron chi connectivity index (χ0n) is 13.5. The number of hydrogen-bond donors (Lipinski definition) is 2. The molecule has 0 aliphatic carbocycles. The number of aromatic nitrogens is 3. The maximum Gasteiger partial charge on any atom is 0.171 e. The Hall–Kier alpha value is -2.54. The summed E-state index contributed by atoms with van der Waals surface area (Å²) in [6, 6.07) is 8.51. The molecule has 3 aromatic rings. The lowest BCUT2D eigenvalue weighted by molar-refractivity contribution is 0.546. The number of nitrogens with one attached hydrogen (secondary N) is 2. The molecule has 1 aromatic carbocycles. The van der Waals surface area contributed by atoms with Crippen LogP contribution in [0.2, 0.25) is 0 Å². The largest absolute Gasteiger partial charge is 0.358 e. The van der Waals surface area contributed by atoms with Gasteiger partial charge in [0.05, 0.1) is 18.1 Å². The highest BCUT2D eigenvalue weighted by molar-refractivity contribution is 7.80. The van der Waals surface area contributed by atoms with E-state index in [1.54, 1.807) is 24.5 Å². The standard InChI is InChI=1S/C17H18FN5S/c1-11(2)23-16-13(9-21-23)7-15(10-19-16)22-17(24)20-8-12-3-5-14(18)6-4-12/h3-7,9-11H,8H2,1-2H3,(H2,20,22,24). The van der Waals surface area contributed by atoms with Crippen molar-refractivity contribution in [3.8, 4) is 0 Å². The van der Waals surface area contributed by atoms with Crippen LogP contribution in [-0.4, -0.2) is 19.9 Å². The summed E-state index contributed by atoms with van der Waals surface area (Å²) in [6.45, 7) is 4.65. The molecule has 0 radical (unpaired) electrons. The Kier molecular flexibility index (Phi) is 4.71. The van der Waals surface area contributed by atoms with Crippen LogP contribution in [0.5, 0.6) is 0 Å². The highest BCUT2D eigenvalue weighted by atomic mass is 32.1. The van der Waals surface area contributed by atoms with Crippen LogP contribution >= 0.6 is 12.2 Å². The van der Waals surface area contributed by atoms with Crippen LogP contribution in [0, 0.1) is 5.82 Å². The third-order valence-corrected chi connectivity index (χ3v) is 3.79. The van der Waals surface area contributed by atoms with E-state index in [9.17, 15) is 4.39 Å².